The van der Waals surface area contributed by atoms with E-state index in [-0.39, 0.29) is 17.7 Å². The number of aromatic hydroxyl groups is 1. The Kier molecular flexibility index (Phi) is 3.61. The van der Waals surface area contributed by atoms with Crippen LogP contribution in [0, 0.1) is 11.8 Å². The first-order chi connectivity index (χ1) is 9.54. The van der Waals surface area contributed by atoms with Crippen LogP contribution in [0.1, 0.15) is 29.6 Å². The largest absolute Gasteiger partial charge is 0.508 e. The van der Waals surface area contributed by atoms with E-state index in [4.69, 9.17) is 17.3 Å². The summed E-state index contributed by atoms with van der Waals surface area (Å²) in [5, 5.41) is 9.91. The van der Waals surface area contributed by atoms with Gasteiger partial charge in [-0.3, -0.25) is 4.79 Å². The van der Waals surface area contributed by atoms with E-state index in [2.05, 4.69) is 0 Å². The summed E-state index contributed by atoms with van der Waals surface area (Å²) in [6, 6.07) is 4.76. The SMILES string of the molecule is NC1CC[C@@H]2CN(C(=O)c3cc(O)ccc3Cl)C[C@@H]2C1. The Morgan fingerprint density at radius 3 is 2.85 bits per heavy atom. The summed E-state index contributed by atoms with van der Waals surface area (Å²) in [5.74, 6) is 1.05. The minimum absolute atomic E-state index is 0.0661. The van der Waals surface area contributed by atoms with Crippen LogP contribution in [0.15, 0.2) is 18.2 Å². The first kappa shape index (κ1) is 13.7. The predicted octanol–water partition coefficient (Wildman–Crippen LogP) is 2.25. The average Bonchev–Trinajstić information content (AvgIpc) is 2.83. The Labute approximate surface area is 123 Å². The van der Waals surface area contributed by atoms with Crippen molar-refractivity contribution in [2.75, 3.05) is 13.1 Å². The highest BCUT2D eigenvalue weighted by Crippen LogP contribution is 2.36. The molecule has 1 saturated carbocycles. The highest BCUT2D eigenvalue weighted by Gasteiger charge is 2.39. The summed E-state index contributed by atoms with van der Waals surface area (Å²) < 4.78 is 0. The number of likely N-dealkylation sites (tertiary alicyclic amines) is 1. The van der Waals surface area contributed by atoms with Crippen LogP contribution < -0.4 is 5.73 Å². The van der Waals surface area contributed by atoms with Gasteiger partial charge in [0.1, 0.15) is 5.75 Å². The van der Waals surface area contributed by atoms with Gasteiger partial charge in [-0.2, -0.15) is 0 Å². The third-order valence-corrected chi connectivity index (χ3v) is 4.89. The lowest BCUT2D eigenvalue weighted by molar-refractivity contribution is 0.0783. The maximum absolute atomic E-state index is 12.5. The number of benzene rings is 1. The zero-order valence-corrected chi connectivity index (χ0v) is 12.0. The van der Waals surface area contributed by atoms with Crippen LogP contribution in [0.2, 0.25) is 5.02 Å². The van der Waals surface area contributed by atoms with Crippen LogP contribution >= 0.6 is 11.6 Å². The van der Waals surface area contributed by atoms with Crippen LogP contribution in [0.4, 0.5) is 0 Å². The summed E-state index contributed by atoms with van der Waals surface area (Å²) >= 11 is 6.07. The third kappa shape index (κ3) is 2.50. The number of phenolic OH excluding ortho intramolecular Hbond substituents is 1. The van der Waals surface area contributed by atoms with Crippen molar-refractivity contribution in [1.82, 2.24) is 4.90 Å². The van der Waals surface area contributed by atoms with Crippen molar-refractivity contribution in [2.24, 2.45) is 17.6 Å². The monoisotopic (exact) mass is 294 g/mol. The summed E-state index contributed by atoms with van der Waals surface area (Å²) in [5.41, 5.74) is 6.39. The molecular weight excluding hydrogens is 276 g/mol. The number of hydrogen-bond acceptors (Lipinski definition) is 3. The van der Waals surface area contributed by atoms with Crippen LogP contribution in [0.3, 0.4) is 0 Å². The number of rotatable bonds is 1. The van der Waals surface area contributed by atoms with Gasteiger partial charge < -0.3 is 15.7 Å². The molecule has 1 aromatic rings. The van der Waals surface area contributed by atoms with E-state index < -0.39 is 0 Å². The number of hydrogen-bond donors (Lipinski definition) is 2. The average molecular weight is 295 g/mol. The number of nitrogens with zero attached hydrogens (tertiary/aromatic N) is 1. The molecule has 1 aliphatic heterocycles. The molecule has 1 amide bonds. The second kappa shape index (κ2) is 5.26. The molecule has 2 aliphatic rings. The topological polar surface area (TPSA) is 66.6 Å². The van der Waals surface area contributed by atoms with Gasteiger partial charge in [0.05, 0.1) is 10.6 Å². The van der Waals surface area contributed by atoms with Gasteiger partial charge >= 0.3 is 0 Å². The van der Waals surface area contributed by atoms with Crippen molar-refractivity contribution >= 4 is 17.5 Å². The molecule has 3 atom stereocenters. The van der Waals surface area contributed by atoms with Crippen molar-refractivity contribution in [3.63, 3.8) is 0 Å². The molecule has 1 unspecified atom stereocenters. The minimum Gasteiger partial charge on any atom is -0.508 e. The van der Waals surface area contributed by atoms with Gasteiger partial charge in [-0.05, 0) is 49.3 Å². The number of nitrogens with two attached hydrogens (primary N) is 1. The van der Waals surface area contributed by atoms with Crippen molar-refractivity contribution in [3.05, 3.63) is 28.8 Å². The van der Waals surface area contributed by atoms with Crippen LogP contribution in [-0.4, -0.2) is 35.0 Å². The summed E-state index contributed by atoms with van der Waals surface area (Å²) in [6.45, 7) is 1.53. The zero-order chi connectivity index (χ0) is 14.3. The Hall–Kier alpha value is -1.26. The van der Waals surface area contributed by atoms with E-state index in [1.54, 1.807) is 6.07 Å². The molecule has 0 radical (unpaired) electrons. The van der Waals surface area contributed by atoms with E-state index >= 15 is 0 Å². The maximum Gasteiger partial charge on any atom is 0.255 e. The number of fused-ring (bicyclic) bond motifs is 1. The second-order valence-corrected chi connectivity index (χ2v) is 6.37. The van der Waals surface area contributed by atoms with E-state index in [9.17, 15) is 9.90 Å². The summed E-state index contributed by atoms with van der Waals surface area (Å²) in [4.78, 5) is 14.4. The van der Waals surface area contributed by atoms with Gasteiger partial charge in [-0.1, -0.05) is 11.6 Å². The molecule has 3 rings (SSSR count). The van der Waals surface area contributed by atoms with Crippen molar-refractivity contribution < 1.29 is 9.90 Å². The van der Waals surface area contributed by atoms with Gasteiger partial charge in [-0.15, -0.1) is 0 Å². The molecule has 4 nitrogen and oxygen atoms in total. The highest BCUT2D eigenvalue weighted by molar-refractivity contribution is 6.33. The Morgan fingerprint density at radius 1 is 1.30 bits per heavy atom. The molecule has 2 fully saturated rings. The predicted molar refractivity (Wildman–Crippen MR) is 77.8 cm³/mol. The molecular formula is C15H19ClN2O2. The minimum atomic E-state index is -0.0890. The smallest absolute Gasteiger partial charge is 0.255 e. The lowest BCUT2D eigenvalue weighted by Gasteiger charge is -2.27. The second-order valence-electron chi connectivity index (χ2n) is 5.97. The normalized spacial score (nSPS) is 29.3. The first-order valence-electron chi connectivity index (χ1n) is 7.08. The van der Waals surface area contributed by atoms with Crippen molar-refractivity contribution in [1.29, 1.82) is 0 Å². The van der Waals surface area contributed by atoms with Gasteiger partial charge in [0.25, 0.3) is 5.91 Å². The van der Waals surface area contributed by atoms with Crippen LogP contribution in [0.5, 0.6) is 5.75 Å². The van der Waals surface area contributed by atoms with Gasteiger partial charge in [-0.25, -0.2) is 0 Å². The third-order valence-electron chi connectivity index (χ3n) is 4.56. The fourth-order valence-corrected chi connectivity index (χ4v) is 3.68. The number of carbonyl (C=O) groups is 1. The fraction of sp³-hybridized carbons (Fsp3) is 0.533. The number of phenols is 1. The Morgan fingerprint density at radius 2 is 2.05 bits per heavy atom. The standard InChI is InChI=1S/C15H19ClN2O2/c16-14-4-3-12(19)6-13(14)15(20)18-7-9-1-2-11(17)5-10(9)8-18/h3-4,6,9-11,19H,1-2,5,7-8,17H2/t9-,10+,11?/m1/s1. The van der Waals surface area contributed by atoms with Crippen molar-refractivity contribution in [3.8, 4) is 5.75 Å². The Balaban J connectivity index is 1.77. The summed E-state index contributed by atoms with van der Waals surface area (Å²) in [7, 11) is 0. The lowest BCUT2D eigenvalue weighted by atomic mass is 9.79. The zero-order valence-electron chi connectivity index (χ0n) is 11.3. The molecule has 1 saturated heterocycles. The lowest BCUT2D eigenvalue weighted by Crippen LogP contribution is -2.32. The molecule has 0 aromatic heterocycles. The molecule has 1 aromatic carbocycles. The van der Waals surface area contributed by atoms with E-state index in [0.29, 0.717) is 22.4 Å². The summed E-state index contributed by atoms with van der Waals surface area (Å²) in [6.07, 6.45) is 3.15. The van der Waals surface area contributed by atoms with E-state index in [1.165, 1.54) is 12.1 Å². The number of carbonyl (C=O) groups excluding carboxylic acids is 1. The maximum atomic E-state index is 12.5. The quantitative estimate of drug-likeness (QED) is 0.835. The van der Waals surface area contributed by atoms with Gasteiger partial charge in [0.2, 0.25) is 0 Å². The molecule has 1 heterocycles. The number of amides is 1. The highest BCUT2D eigenvalue weighted by atomic mass is 35.5. The number of halogens is 1. The molecule has 0 bridgehead atoms. The molecule has 5 heteroatoms. The van der Waals surface area contributed by atoms with Crippen LogP contribution in [-0.2, 0) is 0 Å². The Bertz CT molecular complexity index is 535. The first-order valence-corrected chi connectivity index (χ1v) is 7.45. The molecule has 0 spiro atoms. The molecule has 20 heavy (non-hydrogen) atoms. The molecule has 1 aliphatic carbocycles. The van der Waals surface area contributed by atoms with E-state index in [1.807, 2.05) is 4.90 Å². The van der Waals surface area contributed by atoms with Gasteiger partial charge in [0.15, 0.2) is 0 Å². The fourth-order valence-electron chi connectivity index (χ4n) is 3.48. The van der Waals surface area contributed by atoms with E-state index in [0.717, 1.165) is 32.4 Å². The molecule has 3 N–H and O–H groups in total. The van der Waals surface area contributed by atoms with Crippen LogP contribution in [0.25, 0.3) is 0 Å². The molecule has 108 valence electrons. The van der Waals surface area contributed by atoms with Gasteiger partial charge in [0, 0.05) is 19.1 Å². The van der Waals surface area contributed by atoms with Crippen molar-refractivity contribution in [2.45, 2.75) is 25.3 Å².